The van der Waals surface area contributed by atoms with Gasteiger partial charge in [-0.2, -0.15) is 4.98 Å². The van der Waals surface area contributed by atoms with Crippen molar-refractivity contribution in [1.29, 1.82) is 0 Å². The van der Waals surface area contributed by atoms with Crippen LogP contribution in [-0.2, 0) is 4.74 Å². The van der Waals surface area contributed by atoms with Crippen molar-refractivity contribution in [2.45, 2.75) is 39.3 Å². The van der Waals surface area contributed by atoms with Crippen LogP contribution in [0.15, 0.2) is 64.8 Å². The summed E-state index contributed by atoms with van der Waals surface area (Å²) in [6.45, 7) is 7.52. The highest BCUT2D eigenvalue weighted by Crippen LogP contribution is 2.37. The number of benzene rings is 2. The van der Waals surface area contributed by atoms with Gasteiger partial charge in [0, 0.05) is 24.4 Å². The number of hydrogen-bond donors (Lipinski definition) is 1. The van der Waals surface area contributed by atoms with Crippen molar-refractivity contribution in [3.8, 4) is 17.1 Å². The van der Waals surface area contributed by atoms with Gasteiger partial charge in [0.25, 0.3) is 5.89 Å². The lowest BCUT2D eigenvalue weighted by Gasteiger charge is -2.37. The molecule has 2 heterocycles. The summed E-state index contributed by atoms with van der Waals surface area (Å²) < 4.78 is 16.8. The largest absolute Gasteiger partial charge is 0.497 e. The molecule has 1 aromatic heterocycles. The van der Waals surface area contributed by atoms with Crippen molar-refractivity contribution >= 4 is 22.9 Å². The van der Waals surface area contributed by atoms with Gasteiger partial charge in [0.05, 0.1) is 24.8 Å². The summed E-state index contributed by atoms with van der Waals surface area (Å²) in [6, 6.07) is 17.5. The maximum Gasteiger partial charge on any atom is 0.258 e. The molecule has 0 saturated heterocycles. The number of rotatable bonds is 9. The predicted molar refractivity (Wildman–Crippen MR) is 136 cm³/mol. The van der Waals surface area contributed by atoms with Gasteiger partial charge in [-0.1, -0.05) is 47.6 Å². The van der Waals surface area contributed by atoms with E-state index in [1.807, 2.05) is 68.4 Å². The number of thiocarbonyl (C=S) groups is 1. The molecule has 0 bridgehead atoms. The first kappa shape index (κ1) is 23.9. The quantitative estimate of drug-likeness (QED) is 0.331. The van der Waals surface area contributed by atoms with E-state index in [1.165, 1.54) is 0 Å². The summed E-state index contributed by atoms with van der Waals surface area (Å²) in [5.41, 5.74) is 3.81. The third-order valence-electron chi connectivity index (χ3n) is 5.71. The molecule has 178 valence electrons. The lowest BCUT2D eigenvalue weighted by atomic mass is 9.94. The third kappa shape index (κ3) is 5.29. The molecule has 1 aliphatic rings. The summed E-state index contributed by atoms with van der Waals surface area (Å²) >= 11 is 5.76. The molecule has 1 atom stereocenters. The van der Waals surface area contributed by atoms with Crippen LogP contribution >= 0.6 is 12.2 Å². The van der Waals surface area contributed by atoms with Gasteiger partial charge < -0.3 is 24.2 Å². The maximum absolute atomic E-state index is 5.79. The second-order valence-corrected chi connectivity index (χ2v) is 8.76. The zero-order valence-electron chi connectivity index (χ0n) is 19.9. The van der Waals surface area contributed by atoms with Crippen LogP contribution in [0.25, 0.3) is 17.0 Å². The molecule has 34 heavy (non-hydrogen) atoms. The SMILES string of the molecule is COc1ccc(C2NC(=S)N(CCCOC(C)C)C(C)=C2c2nc(-c3ccccc3)no2)cc1. The van der Waals surface area contributed by atoms with E-state index in [0.29, 0.717) is 23.4 Å². The van der Waals surface area contributed by atoms with E-state index in [4.69, 9.17) is 31.2 Å². The van der Waals surface area contributed by atoms with Crippen LogP contribution in [0, 0.1) is 0 Å². The molecule has 3 aromatic rings. The molecule has 2 aromatic carbocycles. The average molecular weight is 479 g/mol. The van der Waals surface area contributed by atoms with Crippen LogP contribution in [0.4, 0.5) is 0 Å². The molecule has 1 aliphatic heterocycles. The van der Waals surface area contributed by atoms with Crippen molar-refractivity contribution in [1.82, 2.24) is 20.4 Å². The zero-order chi connectivity index (χ0) is 24.1. The highest BCUT2D eigenvalue weighted by Gasteiger charge is 2.34. The second-order valence-electron chi connectivity index (χ2n) is 8.37. The van der Waals surface area contributed by atoms with Crippen molar-refractivity contribution in [3.63, 3.8) is 0 Å². The third-order valence-corrected chi connectivity index (χ3v) is 6.05. The minimum atomic E-state index is -0.231. The number of aromatic nitrogens is 2. The van der Waals surface area contributed by atoms with Gasteiger partial charge in [-0.3, -0.25) is 0 Å². The van der Waals surface area contributed by atoms with Gasteiger partial charge in [0.15, 0.2) is 5.11 Å². The fraction of sp³-hybridized carbons (Fsp3) is 0.346. The lowest BCUT2D eigenvalue weighted by molar-refractivity contribution is 0.0749. The molecule has 0 spiro atoms. The number of nitrogens with one attached hydrogen (secondary N) is 1. The fourth-order valence-corrected chi connectivity index (χ4v) is 4.30. The molecule has 0 fully saturated rings. The monoisotopic (exact) mass is 478 g/mol. The first-order valence-corrected chi connectivity index (χ1v) is 11.8. The molecule has 7 nitrogen and oxygen atoms in total. The van der Waals surface area contributed by atoms with Crippen LogP contribution in [0.2, 0.25) is 0 Å². The summed E-state index contributed by atoms with van der Waals surface area (Å²) in [5.74, 6) is 1.81. The van der Waals surface area contributed by atoms with Gasteiger partial charge in [-0.25, -0.2) is 0 Å². The minimum absolute atomic E-state index is 0.202. The molecule has 0 amide bonds. The second kappa shape index (κ2) is 10.8. The number of nitrogens with zero attached hydrogens (tertiary/aromatic N) is 3. The highest BCUT2D eigenvalue weighted by molar-refractivity contribution is 7.80. The first-order valence-electron chi connectivity index (χ1n) is 11.4. The van der Waals surface area contributed by atoms with E-state index in [1.54, 1.807) is 7.11 Å². The standard InChI is InChI=1S/C26H30N4O3S/c1-17(2)32-16-8-15-30-18(3)22(25-28-24(29-33-25)20-9-6-5-7-10-20)23(27-26(30)34)19-11-13-21(31-4)14-12-19/h5-7,9-14,17,23H,8,15-16H2,1-4H3,(H,27,34). The number of methoxy groups -OCH3 is 1. The van der Waals surface area contributed by atoms with Gasteiger partial charge in [0.2, 0.25) is 5.82 Å². The fourth-order valence-electron chi connectivity index (χ4n) is 3.95. The van der Waals surface area contributed by atoms with E-state index in [9.17, 15) is 0 Å². The van der Waals surface area contributed by atoms with Crippen LogP contribution < -0.4 is 10.1 Å². The van der Waals surface area contributed by atoms with E-state index >= 15 is 0 Å². The van der Waals surface area contributed by atoms with Crippen LogP contribution in [0.5, 0.6) is 5.75 Å². The normalized spacial score (nSPS) is 16.2. The summed E-state index contributed by atoms with van der Waals surface area (Å²) in [7, 11) is 1.66. The molecule has 0 saturated carbocycles. The average Bonchev–Trinajstić information content (AvgIpc) is 3.33. The van der Waals surface area contributed by atoms with E-state index in [2.05, 4.69) is 22.3 Å². The maximum atomic E-state index is 5.79. The van der Waals surface area contributed by atoms with Crippen LogP contribution in [-0.4, -0.2) is 46.5 Å². The van der Waals surface area contributed by atoms with E-state index in [0.717, 1.165) is 41.1 Å². The summed E-state index contributed by atoms with van der Waals surface area (Å²) in [4.78, 5) is 6.83. The van der Waals surface area contributed by atoms with Crippen LogP contribution in [0.1, 0.15) is 44.7 Å². The van der Waals surface area contributed by atoms with Crippen molar-refractivity contribution in [3.05, 3.63) is 71.7 Å². The van der Waals surface area contributed by atoms with Crippen LogP contribution in [0.3, 0.4) is 0 Å². The Bertz CT molecular complexity index is 1140. The van der Waals surface area contributed by atoms with Gasteiger partial charge in [-0.15, -0.1) is 0 Å². The Morgan fingerprint density at radius 1 is 1.12 bits per heavy atom. The zero-order valence-corrected chi connectivity index (χ0v) is 20.8. The highest BCUT2D eigenvalue weighted by atomic mass is 32.1. The Labute approximate surface area is 205 Å². The van der Waals surface area contributed by atoms with Crippen molar-refractivity contribution < 1.29 is 14.0 Å². The predicted octanol–water partition coefficient (Wildman–Crippen LogP) is 5.22. The van der Waals surface area contributed by atoms with Gasteiger partial charge in [0.1, 0.15) is 5.75 Å². The molecular weight excluding hydrogens is 448 g/mol. The molecule has 1 N–H and O–H groups in total. The van der Waals surface area contributed by atoms with Crippen molar-refractivity contribution in [2.75, 3.05) is 20.3 Å². The van der Waals surface area contributed by atoms with E-state index in [-0.39, 0.29) is 12.1 Å². The molecule has 0 radical (unpaired) electrons. The van der Waals surface area contributed by atoms with Crippen molar-refractivity contribution in [2.24, 2.45) is 0 Å². The molecule has 0 aliphatic carbocycles. The topological polar surface area (TPSA) is 72.7 Å². The molecule has 1 unspecified atom stereocenters. The Hall–Kier alpha value is -3.23. The molecule has 8 heteroatoms. The Balaban J connectivity index is 1.70. The minimum Gasteiger partial charge on any atom is -0.497 e. The van der Waals surface area contributed by atoms with E-state index < -0.39 is 0 Å². The van der Waals surface area contributed by atoms with Gasteiger partial charge in [-0.05, 0) is 57.1 Å². The number of ether oxygens (including phenoxy) is 2. The van der Waals surface area contributed by atoms with Gasteiger partial charge >= 0.3 is 0 Å². The molecular formula is C26H30N4O3S. The Morgan fingerprint density at radius 2 is 1.85 bits per heavy atom. The lowest BCUT2D eigenvalue weighted by Crippen LogP contribution is -2.46. The number of allylic oxidation sites excluding steroid dienone is 1. The smallest absolute Gasteiger partial charge is 0.258 e. The Morgan fingerprint density at radius 3 is 2.53 bits per heavy atom. The summed E-state index contributed by atoms with van der Waals surface area (Å²) in [5, 5.41) is 8.40. The Kier molecular flexibility index (Phi) is 7.59. The first-order chi connectivity index (χ1) is 16.5. The number of hydrogen-bond acceptors (Lipinski definition) is 6. The summed E-state index contributed by atoms with van der Waals surface area (Å²) in [6.07, 6.45) is 1.05. The molecule has 4 rings (SSSR count).